The molecule has 0 aliphatic heterocycles. The minimum atomic E-state index is -0.203. The molecule has 0 bridgehead atoms. The molecule has 4 nitrogen and oxygen atoms in total. The van der Waals surface area contributed by atoms with E-state index in [1.807, 2.05) is 24.3 Å². The van der Waals surface area contributed by atoms with Crippen molar-refractivity contribution in [1.82, 2.24) is 5.32 Å². The Bertz CT molecular complexity index is 661. The van der Waals surface area contributed by atoms with Gasteiger partial charge in [-0.3, -0.25) is 4.79 Å². The van der Waals surface area contributed by atoms with Crippen molar-refractivity contribution in [3.8, 4) is 5.75 Å². The predicted octanol–water partition coefficient (Wildman–Crippen LogP) is 3.33. The lowest BCUT2D eigenvalue weighted by Gasteiger charge is -2.11. The molecule has 0 spiro atoms. The SMILES string of the molecule is O=C(COc1ccc(Br)cc1CO)NCCc1ccc(Cl)cc1. The maximum Gasteiger partial charge on any atom is 0.257 e. The summed E-state index contributed by atoms with van der Waals surface area (Å²) < 4.78 is 6.30. The summed E-state index contributed by atoms with van der Waals surface area (Å²) in [6.07, 6.45) is 0.725. The fourth-order valence-electron chi connectivity index (χ4n) is 2.00. The van der Waals surface area contributed by atoms with E-state index < -0.39 is 0 Å². The maximum atomic E-state index is 11.8. The Balaban J connectivity index is 1.76. The van der Waals surface area contributed by atoms with Crippen LogP contribution >= 0.6 is 27.5 Å². The summed E-state index contributed by atoms with van der Waals surface area (Å²) in [7, 11) is 0. The second kappa shape index (κ2) is 8.91. The van der Waals surface area contributed by atoms with E-state index in [1.54, 1.807) is 18.2 Å². The summed E-state index contributed by atoms with van der Waals surface area (Å²) in [5, 5.41) is 12.8. The molecule has 122 valence electrons. The first kappa shape index (κ1) is 17.8. The van der Waals surface area contributed by atoms with Gasteiger partial charge >= 0.3 is 0 Å². The first-order valence-electron chi connectivity index (χ1n) is 7.11. The number of amides is 1. The fraction of sp³-hybridized carbons (Fsp3) is 0.235. The quantitative estimate of drug-likeness (QED) is 0.752. The van der Waals surface area contributed by atoms with Crippen LogP contribution in [0.25, 0.3) is 0 Å². The lowest BCUT2D eigenvalue weighted by atomic mass is 10.1. The minimum Gasteiger partial charge on any atom is -0.483 e. The molecule has 2 N–H and O–H groups in total. The molecule has 23 heavy (non-hydrogen) atoms. The zero-order valence-corrected chi connectivity index (χ0v) is 14.7. The molecule has 0 aliphatic carbocycles. The second-order valence-electron chi connectivity index (χ2n) is 4.93. The molecule has 0 radical (unpaired) electrons. The number of carbonyl (C=O) groups excluding carboxylic acids is 1. The van der Waals surface area contributed by atoms with Crippen molar-refractivity contribution < 1.29 is 14.6 Å². The van der Waals surface area contributed by atoms with Crippen LogP contribution in [-0.2, 0) is 17.8 Å². The van der Waals surface area contributed by atoms with Gasteiger partial charge in [0, 0.05) is 21.6 Å². The normalized spacial score (nSPS) is 10.4. The third kappa shape index (κ3) is 5.86. The maximum absolute atomic E-state index is 11.8. The molecule has 0 saturated carbocycles. The van der Waals surface area contributed by atoms with Crippen molar-refractivity contribution >= 4 is 33.4 Å². The van der Waals surface area contributed by atoms with E-state index >= 15 is 0 Å². The Morgan fingerprint density at radius 2 is 1.96 bits per heavy atom. The van der Waals surface area contributed by atoms with Gasteiger partial charge in [0.1, 0.15) is 5.75 Å². The van der Waals surface area contributed by atoms with Gasteiger partial charge in [0.2, 0.25) is 0 Å². The molecule has 1 amide bonds. The van der Waals surface area contributed by atoms with E-state index in [1.165, 1.54) is 0 Å². The third-order valence-electron chi connectivity index (χ3n) is 3.20. The Labute approximate surface area is 148 Å². The number of aliphatic hydroxyl groups is 1. The topological polar surface area (TPSA) is 58.6 Å². The standard InChI is InChI=1S/C17H17BrClNO3/c18-14-3-6-16(13(9-14)10-21)23-11-17(22)20-8-7-12-1-4-15(19)5-2-12/h1-6,9,21H,7-8,10-11H2,(H,20,22). The van der Waals surface area contributed by atoms with Crippen LogP contribution in [-0.4, -0.2) is 24.2 Å². The molecular weight excluding hydrogens is 382 g/mol. The molecule has 6 heteroatoms. The van der Waals surface area contributed by atoms with E-state index in [0.717, 1.165) is 16.5 Å². The van der Waals surface area contributed by atoms with Crippen LogP contribution < -0.4 is 10.1 Å². The van der Waals surface area contributed by atoms with Gasteiger partial charge in [0.15, 0.2) is 6.61 Å². The molecule has 0 unspecified atom stereocenters. The molecule has 0 aromatic heterocycles. The summed E-state index contributed by atoms with van der Waals surface area (Å²) in [5.41, 5.74) is 1.74. The van der Waals surface area contributed by atoms with Crippen LogP contribution in [0.2, 0.25) is 5.02 Å². The Morgan fingerprint density at radius 3 is 2.65 bits per heavy atom. The first-order valence-corrected chi connectivity index (χ1v) is 8.29. The first-order chi connectivity index (χ1) is 11.1. The van der Waals surface area contributed by atoms with E-state index in [9.17, 15) is 9.90 Å². The van der Waals surface area contributed by atoms with Crippen molar-refractivity contribution in [2.45, 2.75) is 13.0 Å². The highest BCUT2D eigenvalue weighted by Crippen LogP contribution is 2.23. The van der Waals surface area contributed by atoms with Crippen LogP contribution in [0.15, 0.2) is 46.9 Å². The highest BCUT2D eigenvalue weighted by molar-refractivity contribution is 9.10. The largest absolute Gasteiger partial charge is 0.483 e. The predicted molar refractivity (Wildman–Crippen MR) is 93.7 cm³/mol. The molecule has 0 heterocycles. The number of hydrogen-bond acceptors (Lipinski definition) is 3. The number of hydrogen-bond donors (Lipinski definition) is 2. The number of rotatable bonds is 7. The molecule has 0 aliphatic rings. The lowest BCUT2D eigenvalue weighted by Crippen LogP contribution is -2.30. The second-order valence-corrected chi connectivity index (χ2v) is 6.28. The van der Waals surface area contributed by atoms with Crippen molar-refractivity contribution in [3.63, 3.8) is 0 Å². The van der Waals surface area contributed by atoms with Crippen molar-refractivity contribution in [2.24, 2.45) is 0 Å². The van der Waals surface area contributed by atoms with Gasteiger partial charge in [-0.15, -0.1) is 0 Å². The molecule has 0 atom stereocenters. The Morgan fingerprint density at radius 1 is 1.22 bits per heavy atom. The summed E-state index contributed by atoms with van der Waals surface area (Å²) in [6, 6.07) is 12.8. The van der Waals surface area contributed by atoms with Crippen molar-refractivity contribution in [1.29, 1.82) is 0 Å². The third-order valence-corrected chi connectivity index (χ3v) is 3.95. The van der Waals surface area contributed by atoms with E-state index in [-0.39, 0.29) is 19.1 Å². The van der Waals surface area contributed by atoms with Crippen molar-refractivity contribution in [3.05, 3.63) is 63.1 Å². The average Bonchev–Trinajstić information content (AvgIpc) is 2.55. The van der Waals surface area contributed by atoms with E-state index in [0.29, 0.717) is 22.9 Å². The molecule has 2 aromatic carbocycles. The van der Waals surface area contributed by atoms with Gasteiger partial charge in [0.05, 0.1) is 6.61 Å². The number of carbonyl (C=O) groups is 1. The number of benzene rings is 2. The Kier molecular flexibility index (Phi) is 6.89. The summed E-state index contributed by atoms with van der Waals surface area (Å²) in [5.74, 6) is 0.300. The molecule has 2 aromatic rings. The zero-order valence-electron chi connectivity index (χ0n) is 12.4. The van der Waals surface area contributed by atoms with Gasteiger partial charge < -0.3 is 15.2 Å². The number of nitrogens with one attached hydrogen (secondary N) is 1. The van der Waals surface area contributed by atoms with E-state index in [2.05, 4.69) is 21.2 Å². The highest BCUT2D eigenvalue weighted by Gasteiger charge is 2.07. The minimum absolute atomic E-state index is 0.0880. The zero-order chi connectivity index (χ0) is 16.7. The van der Waals surface area contributed by atoms with Gasteiger partial charge in [-0.05, 0) is 42.3 Å². The smallest absolute Gasteiger partial charge is 0.257 e. The summed E-state index contributed by atoms with van der Waals surface area (Å²) in [4.78, 5) is 11.8. The van der Waals surface area contributed by atoms with Gasteiger partial charge in [-0.2, -0.15) is 0 Å². The van der Waals surface area contributed by atoms with E-state index in [4.69, 9.17) is 16.3 Å². The van der Waals surface area contributed by atoms with Gasteiger partial charge in [0.25, 0.3) is 5.91 Å². The summed E-state index contributed by atoms with van der Waals surface area (Å²) >= 11 is 9.15. The van der Waals surface area contributed by atoms with Crippen LogP contribution in [0.3, 0.4) is 0 Å². The monoisotopic (exact) mass is 397 g/mol. The van der Waals surface area contributed by atoms with Crippen LogP contribution in [0.5, 0.6) is 5.75 Å². The van der Waals surface area contributed by atoms with Crippen LogP contribution in [0, 0.1) is 0 Å². The number of halogens is 2. The fourth-order valence-corrected chi connectivity index (χ4v) is 2.54. The number of ether oxygens (including phenoxy) is 1. The molecule has 0 fully saturated rings. The number of aliphatic hydroxyl groups excluding tert-OH is 1. The molecule has 2 rings (SSSR count). The Hall–Kier alpha value is -1.56. The van der Waals surface area contributed by atoms with Crippen molar-refractivity contribution in [2.75, 3.05) is 13.2 Å². The highest BCUT2D eigenvalue weighted by atomic mass is 79.9. The van der Waals surface area contributed by atoms with Gasteiger partial charge in [-0.1, -0.05) is 39.7 Å². The lowest BCUT2D eigenvalue weighted by molar-refractivity contribution is -0.123. The summed E-state index contributed by atoms with van der Waals surface area (Å²) in [6.45, 7) is 0.291. The molecule has 0 saturated heterocycles. The van der Waals surface area contributed by atoms with Crippen LogP contribution in [0.1, 0.15) is 11.1 Å². The molecular formula is C17H17BrClNO3. The average molecular weight is 399 g/mol. The van der Waals surface area contributed by atoms with Crippen LogP contribution in [0.4, 0.5) is 0 Å². The van der Waals surface area contributed by atoms with Gasteiger partial charge in [-0.25, -0.2) is 0 Å².